The van der Waals surface area contributed by atoms with Crippen LogP contribution in [0.1, 0.15) is 31.2 Å². The molecule has 0 aliphatic rings. The molecule has 1 amide bonds. The summed E-state index contributed by atoms with van der Waals surface area (Å²) < 4.78 is 0. The van der Waals surface area contributed by atoms with Crippen LogP contribution in [0.4, 0.5) is 0 Å². The molecular weight excluding hydrogens is 224 g/mol. The van der Waals surface area contributed by atoms with Gasteiger partial charge < -0.3 is 10.6 Å². The number of nitrogens with zero attached hydrogens (tertiary/aromatic N) is 1. The Kier molecular flexibility index (Phi) is 7.11. The van der Waals surface area contributed by atoms with Crippen LogP contribution in [0.2, 0.25) is 0 Å². The van der Waals surface area contributed by atoms with E-state index in [1.165, 1.54) is 5.56 Å². The van der Waals surface area contributed by atoms with Crippen LogP contribution in [0, 0.1) is 0 Å². The number of carbonyl (C=O) groups is 1. The molecule has 0 aliphatic heterocycles. The third kappa shape index (κ3) is 5.82. The van der Waals surface area contributed by atoms with Gasteiger partial charge in [0.1, 0.15) is 0 Å². The Morgan fingerprint density at radius 1 is 1.17 bits per heavy atom. The maximum absolute atomic E-state index is 11.7. The maximum atomic E-state index is 11.7. The minimum absolute atomic E-state index is 0.233. The Balaban J connectivity index is 2.16. The van der Waals surface area contributed by atoms with Crippen molar-refractivity contribution in [2.75, 3.05) is 20.1 Å². The number of hydrogen-bond acceptors (Lipinski definition) is 2. The van der Waals surface area contributed by atoms with Crippen molar-refractivity contribution in [3.05, 3.63) is 35.9 Å². The van der Waals surface area contributed by atoms with E-state index in [9.17, 15) is 4.79 Å². The van der Waals surface area contributed by atoms with Gasteiger partial charge in [-0.1, -0.05) is 30.3 Å². The quantitative estimate of drug-likeness (QED) is 0.717. The minimum atomic E-state index is 0.233. The van der Waals surface area contributed by atoms with Crippen molar-refractivity contribution in [1.82, 2.24) is 4.90 Å². The van der Waals surface area contributed by atoms with Gasteiger partial charge in [0.05, 0.1) is 0 Å². The Morgan fingerprint density at radius 2 is 1.89 bits per heavy atom. The summed E-state index contributed by atoms with van der Waals surface area (Å²) in [6.45, 7) is 1.50. The Bertz CT molecular complexity index is 338. The molecule has 100 valence electrons. The van der Waals surface area contributed by atoms with Gasteiger partial charge in [0.15, 0.2) is 0 Å². The topological polar surface area (TPSA) is 46.3 Å². The standard InChI is InChI=1S/C15H24N2O/c1-17(15(18)11-5-6-12-16)13-7-10-14-8-3-2-4-9-14/h2-4,8-9H,5-7,10-13,16H2,1H3. The van der Waals surface area contributed by atoms with Crippen LogP contribution in [-0.4, -0.2) is 30.9 Å². The Hall–Kier alpha value is -1.35. The summed E-state index contributed by atoms with van der Waals surface area (Å²) in [7, 11) is 1.88. The van der Waals surface area contributed by atoms with E-state index >= 15 is 0 Å². The number of carbonyl (C=O) groups excluding carboxylic acids is 1. The molecule has 3 nitrogen and oxygen atoms in total. The van der Waals surface area contributed by atoms with Crippen molar-refractivity contribution in [3.8, 4) is 0 Å². The van der Waals surface area contributed by atoms with Crippen molar-refractivity contribution < 1.29 is 4.79 Å². The molecule has 0 aromatic heterocycles. The van der Waals surface area contributed by atoms with Crippen LogP contribution in [0.15, 0.2) is 30.3 Å². The van der Waals surface area contributed by atoms with Gasteiger partial charge in [-0.3, -0.25) is 4.79 Å². The van der Waals surface area contributed by atoms with Crippen molar-refractivity contribution in [2.24, 2.45) is 5.73 Å². The SMILES string of the molecule is CN(CCCc1ccccc1)C(=O)CCCCN. The molecule has 0 atom stereocenters. The second-order valence-corrected chi connectivity index (χ2v) is 4.65. The van der Waals surface area contributed by atoms with Crippen LogP contribution in [0.5, 0.6) is 0 Å². The zero-order valence-electron chi connectivity index (χ0n) is 11.3. The van der Waals surface area contributed by atoms with Gasteiger partial charge in [0.2, 0.25) is 5.91 Å². The number of rotatable bonds is 8. The highest BCUT2D eigenvalue weighted by molar-refractivity contribution is 5.75. The number of hydrogen-bond donors (Lipinski definition) is 1. The molecule has 0 radical (unpaired) electrons. The molecule has 0 saturated carbocycles. The molecule has 3 heteroatoms. The van der Waals surface area contributed by atoms with E-state index < -0.39 is 0 Å². The molecule has 1 rings (SSSR count). The number of aryl methyl sites for hydroxylation is 1. The van der Waals surface area contributed by atoms with E-state index in [2.05, 4.69) is 24.3 Å². The van der Waals surface area contributed by atoms with E-state index in [1.54, 1.807) is 0 Å². The van der Waals surface area contributed by atoms with Gasteiger partial charge in [0.25, 0.3) is 0 Å². The fourth-order valence-corrected chi connectivity index (χ4v) is 1.90. The smallest absolute Gasteiger partial charge is 0.222 e. The molecule has 18 heavy (non-hydrogen) atoms. The van der Waals surface area contributed by atoms with Gasteiger partial charge in [0, 0.05) is 20.0 Å². The monoisotopic (exact) mass is 248 g/mol. The van der Waals surface area contributed by atoms with E-state index in [4.69, 9.17) is 5.73 Å². The number of benzene rings is 1. The number of unbranched alkanes of at least 4 members (excludes halogenated alkanes) is 1. The summed E-state index contributed by atoms with van der Waals surface area (Å²) in [4.78, 5) is 13.6. The van der Waals surface area contributed by atoms with E-state index in [-0.39, 0.29) is 5.91 Å². The number of nitrogens with two attached hydrogens (primary N) is 1. The first-order chi connectivity index (χ1) is 8.74. The largest absolute Gasteiger partial charge is 0.346 e. The van der Waals surface area contributed by atoms with Gasteiger partial charge >= 0.3 is 0 Å². The molecular formula is C15H24N2O. The van der Waals surface area contributed by atoms with Crippen LogP contribution in [0.25, 0.3) is 0 Å². The predicted molar refractivity (Wildman–Crippen MR) is 75.3 cm³/mol. The molecule has 0 fully saturated rings. The molecule has 1 aromatic rings. The highest BCUT2D eigenvalue weighted by Gasteiger charge is 2.07. The van der Waals surface area contributed by atoms with Gasteiger partial charge in [-0.05, 0) is 37.8 Å². The number of amides is 1. The fraction of sp³-hybridized carbons (Fsp3) is 0.533. The molecule has 1 aromatic carbocycles. The summed E-state index contributed by atoms with van der Waals surface area (Å²) >= 11 is 0. The first-order valence-electron chi connectivity index (χ1n) is 6.72. The fourth-order valence-electron chi connectivity index (χ4n) is 1.90. The molecule has 0 unspecified atom stereocenters. The third-order valence-corrected chi connectivity index (χ3v) is 3.07. The average Bonchev–Trinajstić information content (AvgIpc) is 2.40. The lowest BCUT2D eigenvalue weighted by Crippen LogP contribution is -2.27. The summed E-state index contributed by atoms with van der Waals surface area (Å²) in [5.41, 5.74) is 6.75. The Labute approximate surface area is 110 Å². The molecule has 2 N–H and O–H groups in total. The summed E-state index contributed by atoms with van der Waals surface area (Å²) in [5.74, 6) is 0.233. The summed E-state index contributed by atoms with van der Waals surface area (Å²) in [6, 6.07) is 10.4. The van der Waals surface area contributed by atoms with Crippen molar-refractivity contribution in [3.63, 3.8) is 0 Å². The van der Waals surface area contributed by atoms with E-state index in [1.807, 2.05) is 18.0 Å². The third-order valence-electron chi connectivity index (χ3n) is 3.07. The molecule has 0 saturated heterocycles. The van der Waals surface area contributed by atoms with Crippen molar-refractivity contribution in [1.29, 1.82) is 0 Å². The lowest BCUT2D eigenvalue weighted by atomic mass is 10.1. The minimum Gasteiger partial charge on any atom is -0.346 e. The van der Waals surface area contributed by atoms with Crippen LogP contribution >= 0.6 is 0 Å². The highest BCUT2D eigenvalue weighted by atomic mass is 16.2. The van der Waals surface area contributed by atoms with Gasteiger partial charge in [-0.15, -0.1) is 0 Å². The van der Waals surface area contributed by atoms with Gasteiger partial charge in [-0.2, -0.15) is 0 Å². The van der Waals surface area contributed by atoms with E-state index in [0.717, 1.165) is 32.2 Å². The van der Waals surface area contributed by atoms with Crippen LogP contribution < -0.4 is 5.73 Å². The summed E-state index contributed by atoms with van der Waals surface area (Å²) in [6.07, 6.45) is 4.51. The molecule has 0 heterocycles. The first kappa shape index (κ1) is 14.7. The molecule has 0 aliphatic carbocycles. The van der Waals surface area contributed by atoms with Gasteiger partial charge in [-0.25, -0.2) is 0 Å². The predicted octanol–water partition coefficient (Wildman–Crippen LogP) is 2.21. The lowest BCUT2D eigenvalue weighted by molar-refractivity contribution is -0.130. The first-order valence-corrected chi connectivity index (χ1v) is 6.72. The lowest BCUT2D eigenvalue weighted by Gasteiger charge is -2.17. The normalized spacial score (nSPS) is 10.3. The second kappa shape index (κ2) is 8.70. The summed E-state index contributed by atoms with van der Waals surface area (Å²) in [5, 5.41) is 0. The van der Waals surface area contributed by atoms with Crippen molar-refractivity contribution in [2.45, 2.75) is 32.1 Å². The zero-order chi connectivity index (χ0) is 13.2. The van der Waals surface area contributed by atoms with Crippen LogP contribution in [-0.2, 0) is 11.2 Å². The molecule has 0 bridgehead atoms. The van der Waals surface area contributed by atoms with Crippen LogP contribution in [0.3, 0.4) is 0 Å². The maximum Gasteiger partial charge on any atom is 0.222 e. The zero-order valence-corrected chi connectivity index (χ0v) is 11.3. The van der Waals surface area contributed by atoms with Crippen molar-refractivity contribution >= 4 is 5.91 Å². The van der Waals surface area contributed by atoms with E-state index in [0.29, 0.717) is 13.0 Å². The Morgan fingerprint density at radius 3 is 2.56 bits per heavy atom. The second-order valence-electron chi connectivity index (χ2n) is 4.65. The highest BCUT2D eigenvalue weighted by Crippen LogP contribution is 2.04. The average molecular weight is 248 g/mol. The molecule has 0 spiro atoms.